The molecule has 1 N–H and O–H groups in total. The van der Waals surface area contributed by atoms with Gasteiger partial charge in [-0.3, -0.25) is 4.79 Å². The van der Waals surface area contributed by atoms with Crippen molar-refractivity contribution < 1.29 is 13.2 Å². The highest BCUT2D eigenvalue weighted by molar-refractivity contribution is 8.13. The molecule has 1 amide bonds. The monoisotopic (exact) mass is 341 g/mol. The highest BCUT2D eigenvalue weighted by Crippen LogP contribution is 2.31. The van der Waals surface area contributed by atoms with Gasteiger partial charge in [-0.1, -0.05) is 23.2 Å². The first-order chi connectivity index (χ1) is 8.79. The van der Waals surface area contributed by atoms with Gasteiger partial charge in [-0.2, -0.15) is 0 Å². The fourth-order valence-corrected chi connectivity index (χ4v) is 3.53. The van der Waals surface area contributed by atoms with E-state index in [9.17, 15) is 13.2 Å². The zero-order valence-corrected chi connectivity index (χ0v) is 12.7. The molecule has 0 spiro atoms. The third-order valence-electron chi connectivity index (χ3n) is 2.97. The zero-order valence-electron chi connectivity index (χ0n) is 9.62. The van der Waals surface area contributed by atoms with Crippen LogP contribution in [0.3, 0.4) is 0 Å². The molecule has 1 saturated carbocycles. The molecule has 1 aromatic rings. The van der Waals surface area contributed by atoms with Crippen molar-refractivity contribution in [1.82, 2.24) is 5.32 Å². The Kier molecular flexibility index (Phi) is 4.30. The van der Waals surface area contributed by atoms with Gasteiger partial charge >= 0.3 is 0 Å². The molecule has 0 saturated heterocycles. The summed E-state index contributed by atoms with van der Waals surface area (Å²) < 4.78 is 22.7. The second-order valence-electron chi connectivity index (χ2n) is 4.30. The van der Waals surface area contributed by atoms with Crippen molar-refractivity contribution in [2.45, 2.75) is 30.2 Å². The maximum atomic E-state index is 12.0. The van der Waals surface area contributed by atoms with Crippen molar-refractivity contribution in [3.63, 3.8) is 0 Å². The Morgan fingerprint density at radius 2 is 1.84 bits per heavy atom. The smallest absolute Gasteiger partial charge is 0.262 e. The molecule has 0 aliphatic heterocycles. The highest BCUT2D eigenvalue weighted by atomic mass is 35.7. The number of carbonyl (C=O) groups is 1. The SMILES string of the molecule is O=C(NC1CCC1)c1cc(S(=O)(=O)Cl)c(Cl)cc1Cl. The fraction of sp³-hybridized carbons (Fsp3) is 0.364. The van der Waals surface area contributed by atoms with Crippen LogP contribution in [0.2, 0.25) is 10.0 Å². The van der Waals surface area contributed by atoms with Gasteiger partial charge in [-0.05, 0) is 31.4 Å². The van der Waals surface area contributed by atoms with Crippen molar-refractivity contribution in [2.24, 2.45) is 0 Å². The highest BCUT2D eigenvalue weighted by Gasteiger charge is 2.24. The van der Waals surface area contributed by atoms with Crippen molar-refractivity contribution in [3.05, 3.63) is 27.7 Å². The van der Waals surface area contributed by atoms with Gasteiger partial charge in [0.2, 0.25) is 0 Å². The number of rotatable bonds is 3. The van der Waals surface area contributed by atoms with Crippen molar-refractivity contribution in [3.8, 4) is 0 Å². The summed E-state index contributed by atoms with van der Waals surface area (Å²) in [6, 6.07) is 2.42. The van der Waals surface area contributed by atoms with Crippen LogP contribution >= 0.6 is 33.9 Å². The minimum Gasteiger partial charge on any atom is -0.349 e. The van der Waals surface area contributed by atoms with Crippen molar-refractivity contribution in [1.29, 1.82) is 0 Å². The normalized spacial score (nSPS) is 15.9. The molecule has 1 aliphatic carbocycles. The number of hydrogen-bond donors (Lipinski definition) is 1. The minimum atomic E-state index is -4.02. The first kappa shape index (κ1) is 14.9. The van der Waals surface area contributed by atoms with Crippen LogP contribution in [0.25, 0.3) is 0 Å². The number of nitrogens with one attached hydrogen (secondary N) is 1. The summed E-state index contributed by atoms with van der Waals surface area (Å²) in [5.74, 6) is -0.423. The lowest BCUT2D eigenvalue weighted by Crippen LogP contribution is -2.39. The average Bonchev–Trinajstić information content (AvgIpc) is 2.21. The van der Waals surface area contributed by atoms with E-state index >= 15 is 0 Å². The summed E-state index contributed by atoms with van der Waals surface area (Å²) in [6.07, 6.45) is 2.90. The predicted molar refractivity (Wildman–Crippen MR) is 74.6 cm³/mol. The molecule has 0 unspecified atom stereocenters. The second kappa shape index (κ2) is 5.48. The molecule has 4 nitrogen and oxygen atoms in total. The van der Waals surface area contributed by atoms with E-state index in [1.165, 1.54) is 6.07 Å². The Morgan fingerprint density at radius 3 is 2.32 bits per heavy atom. The lowest BCUT2D eigenvalue weighted by atomic mass is 9.93. The Bertz CT molecular complexity index is 626. The Hall–Kier alpha value is -0.490. The molecule has 1 fully saturated rings. The maximum Gasteiger partial charge on any atom is 0.262 e. The molecule has 0 heterocycles. The first-order valence-electron chi connectivity index (χ1n) is 5.53. The van der Waals surface area contributed by atoms with Crippen LogP contribution in [0.1, 0.15) is 29.6 Å². The summed E-state index contributed by atoms with van der Waals surface area (Å²) in [7, 11) is 1.23. The van der Waals surface area contributed by atoms with E-state index in [0.29, 0.717) is 0 Å². The van der Waals surface area contributed by atoms with E-state index in [1.54, 1.807) is 0 Å². The zero-order chi connectivity index (χ0) is 14.2. The fourth-order valence-electron chi connectivity index (χ4n) is 1.71. The topological polar surface area (TPSA) is 63.2 Å². The van der Waals surface area contributed by atoms with Gasteiger partial charge < -0.3 is 5.32 Å². The Morgan fingerprint density at radius 1 is 1.21 bits per heavy atom. The first-order valence-corrected chi connectivity index (χ1v) is 8.60. The largest absolute Gasteiger partial charge is 0.349 e. The number of halogens is 3. The van der Waals surface area contributed by atoms with E-state index in [4.69, 9.17) is 33.9 Å². The summed E-state index contributed by atoms with van der Waals surface area (Å²) in [6.45, 7) is 0. The van der Waals surface area contributed by atoms with Crippen LogP contribution < -0.4 is 5.32 Å². The van der Waals surface area contributed by atoms with Crippen LogP contribution in [-0.2, 0) is 9.05 Å². The van der Waals surface area contributed by atoms with Crippen LogP contribution in [0.15, 0.2) is 17.0 Å². The predicted octanol–water partition coefficient (Wildman–Crippen LogP) is 3.20. The van der Waals surface area contributed by atoms with E-state index in [0.717, 1.165) is 25.3 Å². The van der Waals surface area contributed by atoms with Gasteiger partial charge in [0, 0.05) is 16.7 Å². The van der Waals surface area contributed by atoms with E-state index in [1.807, 2.05) is 0 Å². The number of hydrogen-bond acceptors (Lipinski definition) is 3. The number of carbonyl (C=O) groups excluding carboxylic acids is 1. The molecule has 1 aliphatic rings. The molecule has 2 rings (SSSR count). The third kappa shape index (κ3) is 3.34. The van der Waals surface area contributed by atoms with Gasteiger partial charge in [-0.15, -0.1) is 0 Å². The summed E-state index contributed by atoms with van der Waals surface area (Å²) in [5, 5.41) is 2.75. The molecule has 0 bridgehead atoms. The van der Waals surface area contributed by atoms with Gasteiger partial charge in [0.05, 0.1) is 15.6 Å². The van der Waals surface area contributed by atoms with E-state index in [2.05, 4.69) is 5.32 Å². The molecule has 0 radical (unpaired) electrons. The molecular weight excluding hydrogens is 333 g/mol. The number of benzene rings is 1. The van der Waals surface area contributed by atoms with E-state index < -0.39 is 15.0 Å². The Labute approximate surface area is 125 Å². The summed E-state index contributed by atoms with van der Waals surface area (Å²) in [5.41, 5.74) is 0.0530. The average molecular weight is 343 g/mol. The maximum absolute atomic E-state index is 12.0. The van der Waals surface area contributed by atoms with Gasteiger partial charge in [-0.25, -0.2) is 8.42 Å². The van der Waals surface area contributed by atoms with Crippen LogP contribution in [-0.4, -0.2) is 20.4 Å². The number of amides is 1. The minimum absolute atomic E-state index is 0.0530. The van der Waals surface area contributed by atoms with Crippen LogP contribution in [0.4, 0.5) is 0 Å². The van der Waals surface area contributed by atoms with E-state index in [-0.39, 0.29) is 26.5 Å². The molecule has 8 heteroatoms. The lowest BCUT2D eigenvalue weighted by Gasteiger charge is -2.26. The third-order valence-corrected chi connectivity index (χ3v) is 5.07. The van der Waals surface area contributed by atoms with Crippen LogP contribution in [0, 0.1) is 0 Å². The van der Waals surface area contributed by atoms with Gasteiger partial charge in [0.15, 0.2) is 0 Å². The standard InChI is InChI=1S/C11H10Cl3NO3S/c12-8-5-9(13)10(19(14,17)18)4-7(8)11(16)15-6-2-1-3-6/h4-6H,1-3H2,(H,15,16). The second-order valence-corrected chi connectivity index (χ2v) is 7.65. The molecule has 0 aromatic heterocycles. The van der Waals surface area contributed by atoms with Crippen molar-refractivity contribution in [2.75, 3.05) is 0 Å². The molecular formula is C11H10Cl3NO3S. The van der Waals surface area contributed by atoms with Gasteiger partial charge in [0.1, 0.15) is 4.90 Å². The lowest BCUT2D eigenvalue weighted by molar-refractivity contribution is 0.0917. The molecule has 0 atom stereocenters. The molecule has 1 aromatic carbocycles. The summed E-state index contributed by atoms with van der Waals surface area (Å²) >= 11 is 11.7. The van der Waals surface area contributed by atoms with Crippen LogP contribution in [0.5, 0.6) is 0 Å². The van der Waals surface area contributed by atoms with Crippen molar-refractivity contribution >= 4 is 48.8 Å². The molecule has 19 heavy (non-hydrogen) atoms. The van der Waals surface area contributed by atoms with Gasteiger partial charge in [0.25, 0.3) is 15.0 Å². The quantitative estimate of drug-likeness (QED) is 0.858. The summed E-state index contributed by atoms with van der Waals surface area (Å²) in [4.78, 5) is 11.7. The molecule has 104 valence electrons. The Balaban J connectivity index is 2.36.